The van der Waals surface area contributed by atoms with Crippen molar-refractivity contribution in [3.63, 3.8) is 0 Å². The molecule has 2 N–H and O–H groups in total. The minimum atomic E-state index is 0.258. The second-order valence-electron chi connectivity index (χ2n) is 4.14. The molecule has 0 saturated carbocycles. The summed E-state index contributed by atoms with van der Waals surface area (Å²) in [5, 5.41) is 3.24. The number of hydrogen-bond donors (Lipinski definition) is 1. The quantitative estimate of drug-likeness (QED) is 0.758. The van der Waals surface area contributed by atoms with Crippen molar-refractivity contribution in [3.8, 4) is 0 Å². The molecule has 14 heavy (non-hydrogen) atoms. The maximum Gasteiger partial charge on any atom is 0.0965 e. The van der Waals surface area contributed by atoms with Crippen LogP contribution < -0.4 is 5.73 Å². The van der Waals surface area contributed by atoms with Gasteiger partial charge in [0.2, 0.25) is 0 Å². The van der Waals surface area contributed by atoms with Crippen molar-refractivity contribution >= 4 is 11.3 Å². The first-order chi connectivity index (χ1) is 6.74. The van der Waals surface area contributed by atoms with Crippen LogP contribution in [-0.4, -0.2) is 11.0 Å². The van der Waals surface area contributed by atoms with Crippen LogP contribution in [0.3, 0.4) is 0 Å². The molecule has 76 valence electrons. The van der Waals surface area contributed by atoms with Crippen molar-refractivity contribution in [2.75, 3.05) is 0 Å². The van der Waals surface area contributed by atoms with Gasteiger partial charge in [-0.15, -0.1) is 11.3 Å². The second kappa shape index (κ2) is 4.24. The summed E-state index contributed by atoms with van der Waals surface area (Å²) in [4.78, 5) is 4.30. The van der Waals surface area contributed by atoms with E-state index in [1.807, 2.05) is 11.6 Å². The molecule has 0 aromatic carbocycles. The Hall–Kier alpha value is -0.670. The van der Waals surface area contributed by atoms with Crippen molar-refractivity contribution in [2.24, 2.45) is 11.7 Å². The van der Waals surface area contributed by atoms with Crippen LogP contribution in [0, 0.1) is 5.92 Å². The van der Waals surface area contributed by atoms with Gasteiger partial charge in [-0.2, -0.15) is 0 Å². The van der Waals surface area contributed by atoms with E-state index in [9.17, 15) is 0 Å². The van der Waals surface area contributed by atoms with E-state index in [-0.39, 0.29) is 6.04 Å². The fourth-order valence-corrected chi connectivity index (χ4v) is 2.77. The van der Waals surface area contributed by atoms with E-state index in [0.717, 1.165) is 18.8 Å². The maximum absolute atomic E-state index is 5.95. The first-order valence-electron chi connectivity index (χ1n) is 5.07. The van der Waals surface area contributed by atoms with Gasteiger partial charge in [0.05, 0.1) is 5.01 Å². The summed E-state index contributed by atoms with van der Waals surface area (Å²) >= 11 is 1.73. The molecule has 0 spiro atoms. The third-order valence-corrected chi connectivity index (χ3v) is 3.38. The molecule has 0 saturated heterocycles. The molecule has 0 aliphatic heterocycles. The molecule has 1 aliphatic carbocycles. The lowest BCUT2D eigenvalue weighted by Crippen LogP contribution is -2.25. The fraction of sp³-hybridized carbons (Fsp3) is 0.545. The number of nitrogens with zero attached hydrogens (tertiary/aromatic N) is 1. The van der Waals surface area contributed by atoms with E-state index in [0.29, 0.717) is 0 Å². The average Bonchev–Trinajstić information content (AvgIpc) is 2.54. The van der Waals surface area contributed by atoms with Gasteiger partial charge in [-0.25, -0.2) is 4.98 Å². The molecular weight excluding hydrogens is 192 g/mol. The van der Waals surface area contributed by atoms with Crippen molar-refractivity contribution in [1.29, 1.82) is 0 Å². The van der Waals surface area contributed by atoms with Crippen LogP contribution in [0.5, 0.6) is 0 Å². The summed E-state index contributed by atoms with van der Waals surface area (Å²) in [6, 6.07) is 0.258. The smallest absolute Gasteiger partial charge is 0.0965 e. The van der Waals surface area contributed by atoms with E-state index < -0.39 is 0 Å². The normalized spacial score (nSPS) is 27.4. The Kier molecular flexibility index (Phi) is 2.99. The first kappa shape index (κ1) is 9.87. The number of rotatable bonds is 2. The van der Waals surface area contributed by atoms with E-state index in [2.05, 4.69) is 18.0 Å². The molecule has 1 heterocycles. The van der Waals surface area contributed by atoms with Gasteiger partial charge in [0.1, 0.15) is 0 Å². The predicted octanol–water partition coefficient (Wildman–Crippen LogP) is 2.37. The maximum atomic E-state index is 5.95. The fourth-order valence-electron chi connectivity index (χ4n) is 2.10. The molecule has 1 aromatic rings. The van der Waals surface area contributed by atoms with Crippen LogP contribution in [0.1, 0.15) is 24.8 Å². The van der Waals surface area contributed by atoms with Crippen LogP contribution in [0.25, 0.3) is 0 Å². The van der Waals surface area contributed by atoms with Crippen LogP contribution in [0.2, 0.25) is 0 Å². The zero-order valence-corrected chi connectivity index (χ0v) is 9.26. The van der Waals surface area contributed by atoms with Crippen LogP contribution in [0.15, 0.2) is 23.2 Å². The zero-order chi connectivity index (χ0) is 9.97. The number of nitrogens with two attached hydrogens (primary N) is 1. The van der Waals surface area contributed by atoms with E-state index >= 15 is 0 Å². The summed E-state index contributed by atoms with van der Waals surface area (Å²) in [6.07, 6.45) is 7.40. The molecule has 2 atom stereocenters. The largest absolute Gasteiger partial charge is 0.324 e. The summed E-state index contributed by atoms with van der Waals surface area (Å²) in [6.45, 7) is 2.27. The Morgan fingerprint density at radius 2 is 2.50 bits per heavy atom. The molecule has 2 rings (SSSR count). The lowest BCUT2D eigenvalue weighted by atomic mass is 9.86. The highest BCUT2D eigenvalue weighted by molar-refractivity contribution is 7.09. The highest BCUT2D eigenvalue weighted by Crippen LogP contribution is 2.25. The van der Waals surface area contributed by atoms with Gasteiger partial charge >= 0.3 is 0 Å². The van der Waals surface area contributed by atoms with Crippen LogP contribution in [0.4, 0.5) is 0 Å². The van der Waals surface area contributed by atoms with Gasteiger partial charge in [0.25, 0.3) is 0 Å². The Labute approximate surface area is 88.9 Å². The number of allylic oxidation sites excluding steroid dienone is 1. The molecule has 0 bridgehead atoms. The molecule has 0 amide bonds. The summed E-state index contributed by atoms with van der Waals surface area (Å²) < 4.78 is 0. The van der Waals surface area contributed by atoms with Crippen molar-refractivity contribution in [1.82, 2.24) is 4.98 Å². The van der Waals surface area contributed by atoms with E-state index in [1.165, 1.54) is 17.0 Å². The standard InChI is InChI=1S/C11H16N2S/c1-8-4-9(6-10(12)5-8)7-11-13-2-3-14-11/h2-3,6,8,10H,4-5,7,12H2,1H3. The van der Waals surface area contributed by atoms with Gasteiger partial charge in [0, 0.05) is 24.0 Å². The molecule has 3 heteroatoms. The van der Waals surface area contributed by atoms with Gasteiger partial charge in [-0.1, -0.05) is 18.6 Å². The third kappa shape index (κ3) is 2.42. The minimum absolute atomic E-state index is 0.258. The SMILES string of the molecule is CC1CC(Cc2nccs2)=CC(N)C1. The highest BCUT2D eigenvalue weighted by Gasteiger charge is 2.16. The summed E-state index contributed by atoms with van der Waals surface area (Å²) in [5.41, 5.74) is 7.42. The molecule has 1 aromatic heterocycles. The van der Waals surface area contributed by atoms with Gasteiger partial charge in [-0.3, -0.25) is 0 Å². The molecule has 2 nitrogen and oxygen atoms in total. The topological polar surface area (TPSA) is 38.9 Å². The first-order valence-corrected chi connectivity index (χ1v) is 5.95. The van der Waals surface area contributed by atoms with Crippen molar-refractivity contribution < 1.29 is 0 Å². The highest BCUT2D eigenvalue weighted by atomic mass is 32.1. The van der Waals surface area contributed by atoms with Gasteiger partial charge in [0.15, 0.2) is 0 Å². The second-order valence-corrected chi connectivity index (χ2v) is 5.12. The molecule has 1 aliphatic rings. The lowest BCUT2D eigenvalue weighted by Gasteiger charge is -2.23. The third-order valence-electron chi connectivity index (χ3n) is 2.60. The summed E-state index contributed by atoms with van der Waals surface area (Å²) in [7, 11) is 0. The van der Waals surface area contributed by atoms with Gasteiger partial charge < -0.3 is 5.73 Å². The monoisotopic (exact) mass is 208 g/mol. The molecular formula is C11H16N2S. The minimum Gasteiger partial charge on any atom is -0.324 e. The summed E-state index contributed by atoms with van der Waals surface area (Å²) in [5.74, 6) is 0.727. The van der Waals surface area contributed by atoms with Gasteiger partial charge in [-0.05, 0) is 18.8 Å². The number of hydrogen-bond acceptors (Lipinski definition) is 3. The van der Waals surface area contributed by atoms with Crippen molar-refractivity contribution in [3.05, 3.63) is 28.2 Å². The predicted molar refractivity (Wildman–Crippen MR) is 60.3 cm³/mol. The Bertz CT molecular complexity index is 316. The zero-order valence-electron chi connectivity index (χ0n) is 8.44. The van der Waals surface area contributed by atoms with Crippen LogP contribution in [-0.2, 0) is 6.42 Å². The van der Waals surface area contributed by atoms with Crippen LogP contribution >= 0.6 is 11.3 Å². The molecule has 0 radical (unpaired) electrons. The number of thiazole rings is 1. The molecule has 0 fully saturated rings. The van der Waals surface area contributed by atoms with Crippen molar-refractivity contribution in [2.45, 2.75) is 32.2 Å². The van der Waals surface area contributed by atoms with E-state index in [4.69, 9.17) is 5.73 Å². The average molecular weight is 208 g/mol. The molecule has 2 unspecified atom stereocenters. The number of aromatic nitrogens is 1. The lowest BCUT2D eigenvalue weighted by molar-refractivity contribution is 0.467. The Balaban J connectivity index is 2.04. The van der Waals surface area contributed by atoms with E-state index in [1.54, 1.807) is 11.3 Å². The Morgan fingerprint density at radius 3 is 3.14 bits per heavy atom. The Morgan fingerprint density at radius 1 is 1.64 bits per heavy atom.